The molecule has 2 amide bonds. The number of carbonyl (C=O) groups excluding carboxylic acids is 2. The number of hydrogen-bond donors (Lipinski definition) is 2. The predicted molar refractivity (Wildman–Crippen MR) is 105 cm³/mol. The van der Waals surface area contributed by atoms with E-state index in [0.29, 0.717) is 38.2 Å². The van der Waals surface area contributed by atoms with Gasteiger partial charge in [0, 0.05) is 44.6 Å². The van der Waals surface area contributed by atoms with E-state index in [-0.39, 0.29) is 36.1 Å². The first-order valence-electron chi connectivity index (χ1n) is 9.83. The van der Waals surface area contributed by atoms with Crippen LogP contribution in [0.3, 0.4) is 0 Å². The van der Waals surface area contributed by atoms with Crippen molar-refractivity contribution in [2.24, 2.45) is 0 Å². The fourth-order valence-corrected chi connectivity index (χ4v) is 3.83. The van der Waals surface area contributed by atoms with Crippen molar-refractivity contribution in [2.45, 2.75) is 24.9 Å². The van der Waals surface area contributed by atoms with Crippen LogP contribution in [0.15, 0.2) is 48.8 Å². The van der Waals surface area contributed by atoms with Crippen LogP contribution >= 0.6 is 0 Å². The van der Waals surface area contributed by atoms with Gasteiger partial charge in [-0.1, -0.05) is 24.3 Å². The Morgan fingerprint density at radius 3 is 2.52 bits per heavy atom. The lowest BCUT2D eigenvalue weighted by Gasteiger charge is -2.36. The lowest BCUT2D eigenvalue weighted by Crippen LogP contribution is -2.55. The first-order chi connectivity index (χ1) is 14.1. The van der Waals surface area contributed by atoms with Gasteiger partial charge in [0.1, 0.15) is 11.9 Å². The van der Waals surface area contributed by atoms with Gasteiger partial charge in [-0.15, -0.1) is 0 Å². The van der Waals surface area contributed by atoms with Gasteiger partial charge >= 0.3 is 0 Å². The van der Waals surface area contributed by atoms with E-state index in [2.05, 4.69) is 15.8 Å². The minimum atomic E-state index is -0.363. The number of rotatable bonds is 4. The minimum Gasteiger partial charge on any atom is -0.339 e. The number of amides is 2. The van der Waals surface area contributed by atoms with Gasteiger partial charge in [-0.2, -0.15) is 0 Å². The fraction of sp³-hybridized carbons (Fsp3) is 0.381. The van der Waals surface area contributed by atoms with Crippen molar-refractivity contribution < 1.29 is 14.0 Å². The predicted octanol–water partition coefficient (Wildman–Crippen LogP) is 1.04. The van der Waals surface area contributed by atoms with E-state index in [0.717, 1.165) is 5.56 Å². The molecule has 2 unspecified atom stereocenters. The third-order valence-corrected chi connectivity index (χ3v) is 5.53. The Labute approximate surface area is 168 Å². The molecule has 0 aliphatic carbocycles. The Morgan fingerprint density at radius 1 is 1.03 bits per heavy atom. The number of halogens is 1. The second-order valence-corrected chi connectivity index (χ2v) is 7.39. The van der Waals surface area contributed by atoms with Gasteiger partial charge in [0.15, 0.2) is 0 Å². The standard InChI is InChI=1S/C21H24FN5O2/c22-17-6-2-1-4-15(17)12-20(28)26-8-10-27(11-9-26)21(29)19-13-18(24-25-19)16-5-3-7-23-14-16/h1-7,14,18-19,24-25H,8-13H2. The Hall–Kier alpha value is -2.84. The summed E-state index contributed by atoms with van der Waals surface area (Å²) in [4.78, 5) is 32.9. The topological polar surface area (TPSA) is 77.6 Å². The normalized spacial score (nSPS) is 22.0. The smallest absolute Gasteiger partial charge is 0.241 e. The molecule has 3 heterocycles. The van der Waals surface area contributed by atoms with E-state index in [9.17, 15) is 14.0 Å². The molecule has 2 saturated heterocycles. The molecule has 8 heteroatoms. The van der Waals surface area contributed by atoms with Crippen molar-refractivity contribution in [2.75, 3.05) is 26.2 Å². The molecule has 2 fully saturated rings. The number of aromatic nitrogens is 1. The van der Waals surface area contributed by atoms with Crippen molar-refractivity contribution >= 4 is 11.8 Å². The zero-order chi connectivity index (χ0) is 20.2. The highest BCUT2D eigenvalue weighted by Gasteiger charge is 2.34. The highest BCUT2D eigenvalue weighted by atomic mass is 19.1. The van der Waals surface area contributed by atoms with Crippen LogP contribution in [-0.2, 0) is 16.0 Å². The molecule has 0 saturated carbocycles. The van der Waals surface area contributed by atoms with Crippen molar-refractivity contribution in [3.8, 4) is 0 Å². The van der Waals surface area contributed by atoms with Crippen LogP contribution in [0.1, 0.15) is 23.6 Å². The lowest BCUT2D eigenvalue weighted by molar-refractivity contribution is -0.140. The quantitative estimate of drug-likeness (QED) is 0.806. The summed E-state index contributed by atoms with van der Waals surface area (Å²) in [5.41, 5.74) is 7.69. The number of hydrazine groups is 1. The highest BCUT2D eigenvalue weighted by molar-refractivity contribution is 5.83. The van der Waals surface area contributed by atoms with E-state index >= 15 is 0 Å². The first kappa shape index (κ1) is 19.5. The van der Waals surface area contributed by atoms with Gasteiger partial charge in [0.25, 0.3) is 0 Å². The zero-order valence-electron chi connectivity index (χ0n) is 16.1. The van der Waals surface area contributed by atoms with Crippen LogP contribution in [0.4, 0.5) is 4.39 Å². The highest BCUT2D eigenvalue weighted by Crippen LogP contribution is 2.22. The summed E-state index contributed by atoms with van der Waals surface area (Å²) >= 11 is 0. The number of benzene rings is 1. The summed E-state index contributed by atoms with van der Waals surface area (Å²) in [5.74, 6) is -0.442. The Kier molecular flexibility index (Phi) is 5.82. The van der Waals surface area contributed by atoms with Crippen LogP contribution < -0.4 is 10.9 Å². The summed E-state index contributed by atoms with van der Waals surface area (Å²) in [5, 5.41) is 0. The molecule has 2 aromatic rings. The Balaban J connectivity index is 1.28. The number of hydrogen-bond acceptors (Lipinski definition) is 5. The fourth-order valence-electron chi connectivity index (χ4n) is 3.83. The van der Waals surface area contributed by atoms with E-state index in [1.807, 2.05) is 12.1 Å². The monoisotopic (exact) mass is 397 g/mol. The van der Waals surface area contributed by atoms with Crippen LogP contribution in [0.5, 0.6) is 0 Å². The summed E-state index contributed by atoms with van der Waals surface area (Å²) < 4.78 is 13.8. The Morgan fingerprint density at radius 2 is 1.79 bits per heavy atom. The van der Waals surface area contributed by atoms with E-state index in [4.69, 9.17) is 0 Å². The second kappa shape index (κ2) is 8.67. The molecule has 2 N–H and O–H groups in total. The van der Waals surface area contributed by atoms with Crippen LogP contribution in [-0.4, -0.2) is 58.8 Å². The van der Waals surface area contributed by atoms with E-state index < -0.39 is 0 Å². The van der Waals surface area contributed by atoms with Gasteiger partial charge in [0.05, 0.1) is 6.42 Å². The molecule has 1 aromatic heterocycles. The number of piperazine rings is 1. The minimum absolute atomic E-state index is 0.0325. The lowest BCUT2D eigenvalue weighted by atomic mass is 10.0. The largest absolute Gasteiger partial charge is 0.339 e. The van der Waals surface area contributed by atoms with Gasteiger partial charge in [-0.05, 0) is 29.7 Å². The van der Waals surface area contributed by atoms with Gasteiger partial charge < -0.3 is 9.80 Å². The van der Waals surface area contributed by atoms with Gasteiger partial charge in [-0.25, -0.2) is 15.2 Å². The molecular weight excluding hydrogens is 373 g/mol. The number of nitrogens with one attached hydrogen (secondary N) is 2. The molecule has 7 nitrogen and oxygen atoms in total. The van der Waals surface area contributed by atoms with Crippen molar-refractivity contribution in [1.29, 1.82) is 0 Å². The van der Waals surface area contributed by atoms with Crippen molar-refractivity contribution in [3.63, 3.8) is 0 Å². The summed E-state index contributed by atoms with van der Waals surface area (Å²) in [6, 6.07) is 9.93. The third-order valence-electron chi connectivity index (χ3n) is 5.53. The molecule has 2 aliphatic heterocycles. The molecule has 0 radical (unpaired) electrons. The molecule has 1 aromatic carbocycles. The van der Waals surface area contributed by atoms with Crippen molar-refractivity contribution in [1.82, 2.24) is 25.6 Å². The van der Waals surface area contributed by atoms with Gasteiger partial charge in [-0.3, -0.25) is 14.6 Å². The summed E-state index contributed by atoms with van der Waals surface area (Å²) in [6.45, 7) is 1.89. The summed E-state index contributed by atoms with van der Waals surface area (Å²) in [7, 11) is 0. The number of pyridine rings is 1. The second-order valence-electron chi connectivity index (χ2n) is 7.39. The third kappa shape index (κ3) is 4.44. The molecule has 2 aliphatic rings. The average molecular weight is 397 g/mol. The molecule has 4 rings (SSSR count). The summed E-state index contributed by atoms with van der Waals surface area (Å²) in [6.07, 6.45) is 4.21. The zero-order valence-corrected chi connectivity index (χ0v) is 16.1. The maximum Gasteiger partial charge on any atom is 0.241 e. The van der Waals surface area contributed by atoms with Gasteiger partial charge in [0.2, 0.25) is 11.8 Å². The molecule has 29 heavy (non-hydrogen) atoms. The molecule has 0 spiro atoms. The van der Waals surface area contributed by atoms with Crippen LogP contribution in [0, 0.1) is 5.82 Å². The maximum atomic E-state index is 13.8. The molecule has 0 bridgehead atoms. The first-order valence-corrected chi connectivity index (χ1v) is 9.83. The molecular formula is C21H24FN5O2. The van der Waals surface area contributed by atoms with E-state index in [1.165, 1.54) is 6.07 Å². The number of nitrogens with zero attached hydrogens (tertiary/aromatic N) is 3. The van der Waals surface area contributed by atoms with Crippen molar-refractivity contribution in [3.05, 3.63) is 65.7 Å². The number of carbonyl (C=O) groups is 2. The van der Waals surface area contributed by atoms with Crippen LogP contribution in [0.2, 0.25) is 0 Å². The average Bonchev–Trinajstić information content (AvgIpc) is 3.26. The SMILES string of the molecule is O=C(Cc1ccccc1F)N1CCN(C(=O)C2CC(c3cccnc3)NN2)CC1. The molecule has 152 valence electrons. The Bertz CT molecular complexity index is 870. The maximum absolute atomic E-state index is 13.8. The van der Waals surface area contributed by atoms with E-state index in [1.54, 1.807) is 40.4 Å². The van der Waals surface area contributed by atoms with Crippen LogP contribution in [0.25, 0.3) is 0 Å². The molecule has 2 atom stereocenters.